The van der Waals surface area contributed by atoms with Gasteiger partial charge in [-0.15, -0.1) is 24.0 Å². The molecule has 0 spiro atoms. The van der Waals surface area contributed by atoms with Crippen molar-refractivity contribution in [3.8, 4) is 0 Å². The maximum Gasteiger partial charge on any atom is 0.239 e. The van der Waals surface area contributed by atoms with E-state index in [1.54, 1.807) is 4.90 Å². The van der Waals surface area contributed by atoms with Gasteiger partial charge in [0.2, 0.25) is 5.91 Å². The van der Waals surface area contributed by atoms with Gasteiger partial charge in [-0.2, -0.15) is 0 Å². The van der Waals surface area contributed by atoms with E-state index in [9.17, 15) is 4.79 Å². The molecule has 1 aliphatic heterocycles. The number of para-hydroxylation sites is 1. The summed E-state index contributed by atoms with van der Waals surface area (Å²) in [6.07, 6.45) is 4.86. The standard InChI is InChI=1S/C21H35N5O.HI/c1-5-16-10-7-11-17(6-2)19(16)24-21(22)23-13-9-15-26-14-8-12-18(26)20(27)25(3)4;/h7,10-11,18H,5-6,8-9,12-15H2,1-4H3,(H3,22,23,24);1H. The highest BCUT2D eigenvalue weighted by atomic mass is 127. The summed E-state index contributed by atoms with van der Waals surface area (Å²) in [7, 11) is 3.66. The highest BCUT2D eigenvalue weighted by molar-refractivity contribution is 14.0. The Kier molecular flexibility index (Phi) is 10.8. The number of likely N-dealkylation sites (N-methyl/N-ethyl adjacent to an activating group) is 1. The number of nitrogens with two attached hydrogens (primary N) is 1. The number of aliphatic imine (C=N–C) groups is 1. The van der Waals surface area contributed by atoms with Gasteiger partial charge in [-0.3, -0.25) is 14.7 Å². The normalized spacial score (nSPS) is 17.3. The van der Waals surface area contributed by atoms with E-state index in [1.165, 1.54) is 11.1 Å². The summed E-state index contributed by atoms with van der Waals surface area (Å²) in [6, 6.07) is 6.38. The third-order valence-corrected chi connectivity index (χ3v) is 5.23. The number of hydrogen-bond donors (Lipinski definition) is 2. The number of amides is 1. The zero-order chi connectivity index (χ0) is 19.8. The monoisotopic (exact) mass is 501 g/mol. The molecule has 0 aromatic heterocycles. The van der Waals surface area contributed by atoms with E-state index in [-0.39, 0.29) is 35.9 Å². The molecule has 1 aliphatic rings. The minimum absolute atomic E-state index is 0. The van der Waals surface area contributed by atoms with Crippen LogP contribution in [0.2, 0.25) is 0 Å². The third kappa shape index (κ3) is 6.62. The molecule has 1 aromatic rings. The van der Waals surface area contributed by atoms with Gasteiger partial charge in [0, 0.05) is 32.9 Å². The molecule has 28 heavy (non-hydrogen) atoms. The number of nitrogens with zero attached hydrogens (tertiary/aromatic N) is 3. The van der Waals surface area contributed by atoms with E-state index in [4.69, 9.17) is 5.73 Å². The minimum atomic E-state index is 0. The zero-order valence-corrected chi connectivity index (χ0v) is 20.0. The summed E-state index contributed by atoms with van der Waals surface area (Å²) < 4.78 is 0. The van der Waals surface area contributed by atoms with Gasteiger partial charge in [-0.05, 0) is 49.8 Å². The van der Waals surface area contributed by atoms with Crippen LogP contribution in [-0.4, -0.2) is 61.4 Å². The number of aryl methyl sites for hydroxylation is 2. The molecular formula is C21H36IN5O. The molecule has 1 fully saturated rings. The topological polar surface area (TPSA) is 74.0 Å². The summed E-state index contributed by atoms with van der Waals surface area (Å²) in [5.41, 5.74) is 9.74. The molecule has 0 saturated carbocycles. The van der Waals surface area contributed by atoms with Crippen molar-refractivity contribution in [1.82, 2.24) is 9.80 Å². The average molecular weight is 501 g/mol. The third-order valence-electron chi connectivity index (χ3n) is 5.23. The molecule has 2 rings (SSSR count). The molecule has 6 nitrogen and oxygen atoms in total. The van der Waals surface area contributed by atoms with E-state index < -0.39 is 0 Å². The van der Waals surface area contributed by atoms with Gasteiger partial charge in [0.1, 0.15) is 0 Å². The Morgan fingerprint density at radius 1 is 1.29 bits per heavy atom. The fourth-order valence-corrected chi connectivity index (χ4v) is 3.72. The van der Waals surface area contributed by atoms with Gasteiger partial charge in [0.15, 0.2) is 5.96 Å². The molecule has 1 saturated heterocycles. The number of anilines is 1. The van der Waals surface area contributed by atoms with Gasteiger partial charge in [0.05, 0.1) is 6.04 Å². The van der Waals surface area contributed by atoms with Crippen LogP contribution in [0.5, 0.6) is 0 Å². The smallest absolute Gasteiger partial charge is 0.239 e. The second kappa shape index (κ2) is 12.3. The predicted octanol–water partition coefficient (Wildman–Crippen LogP) is 3.10. The first-order valence-electron chi connectivity index (χ1n) is 10.1. The number of nitrogens with one attached hydrogen (secondary N) is 1. The van der Waals surface area contributed by atoms with Crippen LogP contribution in [0, 0.1) is 0 Å². The van der Waals surface area contributed by atoms with Gasteiger partial charge in [-0.25, -0.2) is 0 Å². The van der Waals surface area contributed by atoms with Crippen molar-refractivity contribution >= 4 is 41.5 Å². The first-order valence-corrected chi connectivity index (χ1v) is 10.1. The summed E-state index contributed by atoms with van der Waals surface area (Å²) in [4.78, 5) is 20.7. The molecule has 1 amide bonds. The highest BCUT2D eigenvalue weighted by Gasteiger charge is 2.30. The Balaban J connectivity index is 0.00000392. The number of benzene rings is 1. The molecule has 0 bridgehead atoms. The Hall–Kier alpha value is -1.35. The van der Waals surface area contributed by atoms with Crippen molar-refractivity contribution in [3.63, 3.8) is 0 Å². The van der Waals surface area contributed by atoms with Crippen molar-refractivity contribution in [2.24, 2.45) is 10.7 Å². The molecule has 0 radical (unpaired) electrons. The lowest BCUT2D eigenvalue weighted by Gasteiger charge is -2.25. The largest absolute Gasteiger partial charge is 0.370 e. The molecule has 1 unspecified atom stereocenters. The molecule has 7 heteroatoms. The quantitative estimate of drug-likeness (QED) is 0.249. The van der Waals surface area contributed by atoms with Crippen LogP contribution in [0.3, 0.4) is 0 Å². The predicted molar refractivity (Wildman–Crippen MR) is 129 cm³/mol. The second-order valence-electron chi connectivity index (χ2n) is 7.33. The number of likely N-dealkylation sites (tertiary alicyclic amines) is 1. The van der Waals surface area contributed by atoms with E-state index in [0.717, 1.165) is 50.9 Å². The number of halogens is 1. The van der Waals surface area contributed by atoms with Crippen LogP contribution in [0.1, 0.15) is 44.2 Å². The number of hydrogen-bond acceptors (Lipinski definition) is 3. The summed E-state index contributed by atoms with van der Waals surface area (Å²) in [6.45, 7) is 6.83. The number of carbonyl (C=O) groups is 1. The Bertz CT molecular complexity index is 640. The lowest BCUT2D eigenvalue weighted by molar-refractivity contribution is -0.133. The van der Waals surface area contributed by atoms with Crippen LogP contribution in [0.25, 0.3) is 0 Å². The van der Waals surface area contributed by atoms with Crippen molar-refractivity contribution in [2.75, 3.05) is 39.0 Å². The molecule has 158 valence electrons. The molecule has 3 N–H and O–H groups in total. The van der Waals surface area contributed by atoms with Gasteiger partial charge in [-0.1, -0.05) is 32.0 Å². The molecule has 1 aromatic carbocycles. The van der Waals surface area contributed by atoms with Crippen molar-refractivity contribution in [2.45, 2.75) is 52.0 Å². The Labute approximate surface area is 187 Å². The fourth-order valence-electron chi connectivity index (χ4n) is 3.72. The van der Waals surface area contributed by atoms with E-state index in [2.05, 4.69) is 47.3 Å². The van der Waals surface area contributed by atoms with Crippen LogP contribution in [0.15, 0.2) is 23.2 Å². The van der Waals surface area contributed by atoms with Crippen LogP contribution < -0.4 is 11.1 Å². The average Bonchev–Trinajstić information content (AvgIpc) is 3.13. The van der Waals surface area contributed by atoms with Crippen LogP contribution in [-0.2, 0) is 17.6 Å². The lowest BCUT2D eigenvalue weighted by Crippen LogP contribution is -2.43. The first kappa shape index (κ1) is 24.7. The molecular weight excluding hydrogens is 465 g/mol. The maximum atomic E-state index is 12.2. The first-order chi connectivity index (χ1) is 13.0. The van der Waals surface area contributed by atoms with Crippen molar-refractivity contribution in [1.29, 1.82) is 0 Å². The number of carbonyl (C=O) groups excluding carboxylic acids is 1. The summed E-state index contributed by atoms with van der Waals surface area (Å²) >= 11 is 0. The van der Waals surface area contributed by atoms with Crippen molar-refractivity contribution in [3.05, 3.63) is 29.3 Å². The molecule has 1 atom stereocenters. The van der Waals surface area contributed by atoms with Gasteiger partial charge >= 0.3 is 0 Å². The van der Waals surface area contributed by atoms with Crippen LogP contribution >= 0.6 is 24.0 Å². The number of rotatable bonds is 8. The zero-order valence-electron chi connectivity index (χ0n) is 17.7. The summed E-state index contributed by atoms with van der Waals surface area (Å²) in [5.74, 6) is 0.674. The van der Waals surface area contributed by atoms with Gasteiger partial charge in [0.25, 0.3) is 0 Å². The molecule has 1 heterocycles. The van der Waals surface area contributed by atoms with E-state index in [0.29, 0.717) is 12.5 Å². The number of guanidine groups is 1. The lowest BCUT2D eigenvalue weighted by atomic mass is 10.0. The Morgan fingerprint density at radius 2 is 1.93 bits per heavy atom. The summed E-state index contributed by atoms with van der Waals surface area (Å²) in [5, 5.41) is 3.30. The fraction of sp³-hybridized carbons (Fsp3) is 0.619. The highest BCUT2D eigenvalue weighted by Crippen LogP contribution is 2.22. The second-order valence-corrected chi connectivity index (χ2v) is 7.33. The Morgan fingerprint density at radius 3 is 2.50 bits per heavy atom. The maximum absolute atomic E-state index is 12.2. The van der Waals surface area contributed by atoms with E-state index >= 15 is 0 Å². The SMILES string of the molecule is CCc1cccc(CC)c1NC(N)=NCCCN1CCCC1C(=O)N(C)C.I. The van der Waals surface area contributed by atoms with Crippen LogP contribution in [0.4, 0.5) is 5.69 Å². The van der Waals surface area contributed by atoms with Crippen molar-refractivity contribution < 1.29 is 4.79 Å². The molecule has 0 aliphatic carbocycles. The van der Waals surface area contributed by atoms with Gasteiger partial charge < -0.3 is 16.0 Å². The van der Waals surface area contributed by atoms with E-state index in [1.807, 2.05) is 14.1 Å². The minimum Gasteiger partial charge on any atom is -0.370 e.